The largest absolute Gasteiger partial charge is 0.380 e. The van der Waals surface area contributed by atoms with Crippen LogP contribution in [0.2, 0.25) is 0 Å². The second-order valence-corrected chi connectivity index (χ2v) is 6.69. The van der Waals surface area contributed by atoms with Crippen molar-refractivity contribution in [2.45, 2.75) is 39.2 Å². The zero-order valence-electron chi connectivity index (χ0n) is 15.6. The van der Waals surface area contributed by atoms with Crippen LogP contribution in [0.1, 0.15) is 33.1 Å². The molecule has 1 heterocycles. The highest BCUT2D eigenvalue weighted by Crippen LogP contribution is 2.10. The van der Waals surface area contributed by atoms with Crippen LogP contribution in [0.3, 0.4) is 0 Å². The second-order valence-electron chi connectivity index (χ2n) is 6.69. The summed E-state index contributed by atoms with van der Waals surface area (Å²) >= 11 is 0. The maximum atomic E-state index is 11.7. The number of amides is 1. The van der Waals surface area contributed by atoms with Crippen LogP contribution >= 0.6 is 0 Å². The Morgan fingerprint density at radius 1 is 1.33 bits per heavy atom. The fourth-order valence-corrected chi connectivity index (χ4v) is 2.14. The Hall–Kier alpha value is -1.34. The van der Waals surface area contributed by atoms with E-state index in [0.29, 0.717) is 31.6 Å². The molecule has 0 aromatic heterocycles. The van der Waals surface area contributed by atoms with Gasteiger partial charge in [0.15, 0.2) is 5.96 Å². The van der Waals surface area contributed by atoms with Crippen LogP contribution in [0.4, 0.5) is 0 Å². The minimum absolute atomic E-state index is 0.0265. The highest BCUT2D eigenvalue weighted by Gasteiger charge is 2.15. The number of carbonyl (C=O) groups is 1. The fourth-order valence-electron chi connectivity index (χ4n) is 2.14. The zero-order valence-corrected chi connectivity index (χ0v) is 15.6. The van der Waals surface area contributed by atoms with Gasteiger partial charge < -0.3 is 25.0 Å². The van der Waals surface area contributed by atoms with Crippen LogP contribution < -0.4 is 10.6 Å². The molecule has 1 rings (SSSR count). The van der Waals surface area contributed by atoms with Gasteiger partial charge in [0.1, 0.15) is 6.54 Å². The molecule has 0 aromatic carbocycles. The maximum absolute atomic E-state index is 11.7. The van der Waals surface area contributed by atoms with Crippen LogP contribution in [0.15, 0.2) is 4.99 Å². The number of nitrogens with zero attached hydrogens (tertiary/aromatic N) is 2. The van der Waals surface area contributed by atoms with Crippen LogP contribution in [-0.2, 0) is 14.3 Å². The molecule has 0 spiro atoms. The van der Waals surface area contributed by atoms with Crippen molar-refractivity contribution in [1.82, 2.24) is 15.5 Å². The monoisotopic (exact) mass is 342 g/mol. The molecule has 0 saturated carbocycles. The lowest BCUT2D eigenvalue weighted by Crippen LogP contribution is -2.43. The molecule has 0 bridgehead atoms. The smallest absolute Gasteiger partial charge is 0.243 e. The first-order chi connectivity index (χ1) is 11.5. The van der Waals surface area contributed by atoms with Gasteiger partial charge in [0, 0.05) is 40.4 Å². The minimum atomic E-state index is -0.0265. The van der Waals surface area contributed by atoms with E-state index in [0.717, 1.165) is 32.5 Å². The van der Waals surface area contributed by atoms with E-state index >= 15 is 0 Å². The quantitative estimate of drug-likeness (QED) is 0.350. The number of nitrogens with one attached hydrogen (secondary N) is 2. The van der Waals surface area contributed by atoms with Crippen molar-refractivity contribution in [3.05, 3.63) is 0 Å². The lowest BCUT2D eigenvalue weighted by molar-refractivity contribution is -0.127. The maximum Gasteiger partial charge on any atom is 0.243 e. The topological polar surface area (TPSA) is 75.2 Å². The summed E-state index contributed by atoms with van der Waals surface area (Å²) in [6.45, 7) is 8.08. The summed E-state index contributed by atoms with van der Waals surface area (Å²) in [5.41, 5.74) is 0. The van der Waals surface area contributed by atoms with Crippen LogP contribution in [0.25, 0.3) is 0 Å². The molecular weight excluding hydrogens is 308 g/mol. The number of ether oxygens (including phenoxy) is 2. The van der Waals surface area contributed by atoms with E-state index in [4.69, 9.17) is 9.47 Å². The molecule has 0 aliphatic carbocycles. The average molecular weight is 342 g/mol. The van der Waals surface area contributed by atoms with Crippen molar-refractivity contribution in [3.63, 3.8) is 0 Å². The molecule has 2 N–H and O–H groups in total. The number of hydrogen-bond acceptors (Lipinski definition) is 4. The molecule has 1 saturated heterocycles. The summed E-state index contributed by atoms with van der Waals surface area (Å²) in [6.07, 6.45) is 3.46. The number of rotatable bonds is 10. The van der Waals surface area contributed by atoms with Crippen molar-refractivity contribution in [2.24, 2.45) is 10.9 Å². The SMILES string of the molecule is CC(C)CCOCCNC(=NCC(=O)N(C)C)NCC1CCCO1. The number of aliphatic imine (C=N–C) groups is 1. The third kappa shape index (κ3) is 9.72. The Kier molecular flexibility index (Phi) is 10.4. The summed E-state index contributed by atoms with van der Waals surface area (Å²) in [7, 11) is 3.46. The lowest BCUT2D eigenvalue weighted by Gasteiger charge is -2.16. The first kappa shape index (κ1) is 20.7. The van der Waals surface area contributed by atoms with Gasteiger partial charge in [0.25, 0.3) is 0 Å². The predicted molar refractivity (Wildman–Crippen MR) is 96.2 cm³/mol. The van der Waals surface area contributed by atoms with Gasteiger partial charge in [-0.15, -0.1) is 0 Å². The van der Waals surface area contributed by atoms with Gasteiger partial charge in [-0.3, -0.25) is 4.79 Å². The second kappa shape index (κ2) is 12.1. The van der Waals surface area contributed by atoms with Gasteiger partial charge in [0.2, 0.25) is 5.91 Å². The summed E-state index contributed by atoms with van der Waals surface area (Å²) in [5.74, 6) is 1.26. The van der Waals surface area contributed by atoms with Crippen molar-refractivity contribution in [1.29, 1.82) is 0 Å². The van der Waals surface area contributed by atoms with Gasteiger partial charge in [-0.25, -0.2) is 4.99 Å². The molecule has 1 amide bonds. The summed E-state index contributed by atoms with van der Waals surface area (Å²) in [5, 5.41) is 6.47. The number of carbonyl (C=O) groups excluding carboxylic acids is 1. The Morgan fingerprint density at radius 3 is 2.75 bits per heavy atom. The molecule has 1 unspecified atom stereocenters. The summed E-state index contributed by atoms with van der Waals surface area (Å²) in [4.78, 5) is 17.6. The summed E-state index contributed by atoms with van der Waals surface area (Å²) in [6, 6.07) is 0. The van der Waals surface area contributed by atoms with E-state index in [2.05, 4.69) is 29.5 Å². The van der Waals surface area contributed by atoms with Crippen molar-refractivity contribution >= 4 is 11.9 Å². The number of hydrogen-bond donors (Lipinski definition) is 2. The zero-order chi connectivity index (χ0) is 17.8. The van der Waals surface area contributed by atoms with Crippen molar-refractivity contribution in [2.75, 3.05) is 53.6 Å². The first-order valence-electron chi connectivity index (χ1n) is 8.90. The van der Waals surface area contributed by atoms with Crippen molar-refractivity contribution < 1.29 is 14.3 Å². The Balaban J connectivity index is 2.32. The standard InChI is InChI=1S/C17H34N4O3/c1-14(2)7-10-23-11-8-18-17(20-13-16(22)21(3)4)19-12-15-6-5-9-24-15/h14-15H,5-13H2,1-4H3,(H2,18,19,20). The Morgan fingerprint density at radius 2 is 2.12 bits per heavy atom. The minimum Gasteiger partial charge on any atom is -0.380 e. The molecule has 0 aromatic rings. The van der Waals surface area contributed by atoms with Crippen LogP contribution in [0.5, 0.6) is 0 Å². The Bertz CT molecular complexity index is 380. The van der Waals surface area contributed by atoms with Gasteiger partial charge in [-0.05, 0) is 25.2 Å². The molecule has 1 atom stereocenters. The van der Waals surface area contributed by atoms with Crippen molar-refractivity contribution in [3.8, 4) is 0 Å². The molecule has 1 aliphatic heterocycles. The van der Waals surface area contributed by atoms with E-state index in [9.17, 15) is 4.79 Å². The van der Waals surface area contributed by atoms with E-state index in [1.165, 1.54) is 4.90 Å². The Labute approximate surface area is 146 Å². The van der Waals surface area contributed by atoms with E-state index in [1.54, 1.807) is 14.1 Å². The van der Waals surface area contributed by atoms with Crippen LogP contribution in [0, 0.1) is 5.92 Å². The lowest BCUT2D eigenvalue weighted by atomic mass is 10.1. The molecule has 1 aliphatic rings. The molecule has 1 fully saturated rings. The molecule has 7 heteroatoms. The number of likely N-dealkylation sites (N-methyl/N-ethyl adjacent to an activating group) is 1. The third-order valence-corrected chi connectivity index (χ3v) is 3.77. The normalized spacial score (nSPS) is 18.0. The van der Waals surface area contributed by atoms with Crippen LogP contribution in [-0.4, -0.2) is 76.4 Å². The third-order valence-electron chi connectivity index (χ3n) is 3.77. The average Bonchev–Trinajstić information content (AvgIpc) is 3.05. The van der Waals surface area contributed by atoms with Gasteiger partial charge in [0.05, 0.1) is 12.7 Å². The fraction of sp³-hybridized carbons (Fsp3) is 0.882. The van der Waals surface area contributed by atoms with E-state index in [1.807, 2.05) is 0 Å². The predicted octanol–water partition coefficient (Wildman–Crippen LogP) is 0.852. The highest BCUT2D eigenvalue weighted by atomic mass is 16.5. The van der Waals surface area contributed by atoms with Gasteiger partial charge in [-0.1, -0.05) is 13.8 Å². The van der Waals surface area contributed by atoms with E-state index in [-0.39, 0.29) is 18.6 Å². The summed E-state index contributed by atoms with van der Waals surface area (Å²) < 4.78 is 11.2. The molecule has 24 heavy (non-hydrogen) atoms. The number of guanidine groups is 1. The first-order valence-corrected chi connectivity index (χ1v) is 8.90. The van der Waals surface area contributed by atoms with Gasteiger partial charge >= 0.3 is 0 Å². The molecule has 7 nitrogen and oxygen atoms in total. The molecular formula is C17H34N4O3. The molecule has 140 valence electrons. The van der Waals surface area contributed by atoms with Gasteiger partial charge in [-0.2, -0.15) is 0 Å². The van der Waals surface area contributed by atoms with E-state index < -0.39 is 0 Å². The molecule has 0 radical (unpaired) electrons. The highest BCUT2D eigenvalue weighted by molar-refractivity contribution is 5.84.